The van der Waals surface area contributed by atoms with Crippen molar-refractivity contribution in [1.82, 2.24) is 25.1 Å². The number of nitrogens with one attached hydrogen (secondary N) is 1. The Balaban J connectivity index is 1.45. The Hall–Kier alpha value is -4.19. The monoisotopic (exact) mass is 451 g/mol. The predicted octanol–water partition coefficient (Wildman–Crippen LogP) is 2.94. The van der Waals surface area contributed by atoms with Crippen LogP contribution in [0.1, 0.15) is 10.4 Å². The number of aromatic amines is 1. The number of non-ortho nitro benzene ring substituents is 1. The molecule has 0 radical (unpaired) electrons. The summed E-state index contributed by atoms with van der Waals surface area (Å²) in [6, 6.07) is 14.7. The zero-order valence-electron chi connectivity index (χ0n) is 16.8. The molecule has 2 heterocycles. The van der Waals surface area contributed by atoms with Crippen molar-refractivity contribution >= 4 is 23.2 Å². The normalized spacial score (nSPS) is 10.8. The molecule has 11 nitrogen and oxygen atoms in total. The number of nitrogens with zero attached hydrogens (tertiary/aromatic N) is 5. The molecule has 4 rings (SSSR count). The van der Waals surface area contributed by atoms with Crippen LogP contribution in [0.15, 0.2) is 59.8 Å². The second-order valence-electron chi connectivity index (χ2n) is 6.59. The van der Waals surface area contributed by atoms with E-state index in [1.54, 1.807) is 13.2 Å². The average molecular weight is 451 g/mol. The van der Waals surface area contributed by atoms with Crippen LogP contribution in [-0.2, 0) is 0 Å². The van der Waals surface area contributed by atoms with Gasteiger partial charge < -0.3 is 10.6 Å². The smallest absolute Gasteiger partial charge is 0.269 e. The zero-order valence-corrected chi connectivity index (χ0v) is 17.6. The molecule has 0 aliphatic rings. The maximum Gasteiger partial charge on any atom is 0.269 e. The third kappa shape index (κ3) is 4.30. The number of benzene rings is 2. The van der Waals surface area contributed by atoms with E-state index in [1.807, 2.05) is 24.3 Å². The fourth-order valence-corrected chi connectivity index (χ4v) is 3.64. The number of ketones is 1. The van der Waals surface area contributed by atoms with E-state index >= 15 is 0 Å². The van der Waals surface area contributed by atoms with Gasteiger partial charge in [-0.25, -0.2) is 4.68 Å². The minimum Gasteiger partial charge on any atom is -0.497 e. The van der Waals surface area contributed by atoms with Crippen molar-refractivity contribution in [3.63, 3.8) is 0 Å². The molecule has 0 spiro atoms. The number of hydrogen-bond acceptors (Lipinski definition) is 9. The summed E-state index contributed by atoms with van der Waals surface area (Å²) in [6.45, 7) is 0. The Labute approximate surface area is 185 Å². The minimum absolute atomic E-state index is 0.0488. The summed E-state index contributed by atoms with van der Waals surface area (Å²) in [5.41, 5.74) is 2.45. The summed E-state index contributed by atoms with van der Waals surface area (Å²) in [5.74, 6) is 7.07. The molecule has 0 aliphatic carbocycles. The van der Waals surface area contributed by atoms with Gasteiger partial charge in [0.05, 0.1) is 23.5 Å². The topological polar surface area (TPSA) is 155 Å². The minimum atomic E-state index is -0.517. The largest absolute Gasteiger partial charge is 0.497 e. The lowest BCUT2D eigenvalue weighted by Gasteiger charge is -2.02. The highest BCUT2D eigenvalue weighted by molar-refractivity contribution is 7.99. The van der Waals surface area contributed by atoms with Gasteiger partial charge in [0.15, 0.2) is 5.78 Å². The molecule has 4 aromatic rings. The second kappa shape index (κ2) is 8.89. The van der Waals surface area contributed by atoms with Crippen LogP contribution in [0.3, 0.4) is 0 Å². The van der Waals surface area contributed by atoms with Gasteiger partial charge in [-0.15, -0.1) is 10.2 Å². The fraction of sp³-hybridized carbons (Fsp3) is 0.100. The maximum atomic E-state index is 12.4. The van der Waals surface area contributed by atoms with Gasteiger partial charge in [0.1, 0.15) is 11.4 Å². The number of nitrogen functional groups attached to an aromatic ring is 1. The van der Waals surface area contributed by atoms with Crippen LogP contribution in [0.4, 0.5) is 5.69 Å². The molecule has 32 heavy (non-hydrogen) atoms. The van der Waals surface area contributed by atoms with Gasteiger partial charge in [-0.05, 0) is 42.5 Å². The molecule has 3 N–H and O–H groups in total. The van der Waals surface area contributed by atoms with E-state index < -0.39 is 4.92 Å². The standard InChI is InChI=1S/C20H17N7O4S/c1-31-15-8-4-12(5-9-15)16-10-17(23-22-16)19-24-25-20(26(19)21)32-11-18(28)13-2-6-14(7-3-13)27(29)30/h2-10H,11,21H2,1H3,(H,22,23). The second-order valence-corrected chi connectivity index (χ2v) is 7.53. The number of hydrogen-bond donors (Lipinski definition) is 2. The van der Waals surface area contributed by atoms with Crippen LogP contribution in [0.25, 0.3) is 22.8 Å². The molecule has 0 unspecified atom stereocenters. The third-order valence-corrected chi connectivity index (χ3v) is 5.54. The van der Waals surface area contributed by atoms with Crippen LogP contribution in [0, 0.1) is 10.1 Å². The van der Waals surface area contributed by atoms with Crippen molar-refractivity contribution in [3.05, 3.63) is 70.3 Å². The molecule has 0 saturated heterocycles. The summed E-state index contributed by atoms with van der Waals surface area (Å²) in [6.07, 6.45) is 0. The number of rotatable bonds is 8. The van der Waals surface area contributed by atoms with E-state index in [4.69, 9.17) is 10.6 Å². The van der Waals surface area contributed by atoms with Crippen molar-refractivity contribution in [2.45, 2.75) is 5.16 Å². The summed E-state index contributed by atoms with van der Waals surface area (Å²) in [4.78, 5) is 22.6. The third-order valence-electron chi connectivity index (χ3n) is 4.60. The van der Waals surface area contributed by atoms with Crippen LogP contribution >= 0.6 is 11.8 Å². The first-order chi connectivity index (χ1) is 15.5. The highest BCUT2D eigenvalue weighted by Gasteiger charge is 2.17. The first-order valence-corrected chi connectivity index (χ1v) is 10.3. The quantitative estimate of drug-likeness (QED) is 0.135. The SMILES string of the molecule is COc1ccc(-c2cc(-c3nnc(SCC(=O)c4ccc([N+](=O)[O-])cc4)n3N)[nH]n2)cc1. The van der Waals surface area contributed by atoms with Crippen LogP contribution in [0.2, 0.25) is 0 Å². The molecule has 2 aromatic carbocycles. The van der Waals surface area contributed by atoms with Gasteiger partial charge in [0, 0.05) is 23.3 Å². The number of carbonyl (C=O) groups is 1. The van der Waals surface area contributed by atoms with Gasteiger partial charge in [0.2, 0.25) is 11.0 Å². The Morgan fingerprint density at radius 3 is 2.56 bits per heavy atom. The molecule has 0 aliphatic heterocycles. The number of H-pyrrole nitrogens is 1. The number of carbonyl (C=O) groups excluding carboxylic acids is 1. The van der Waals surface area contributed by atoms with Crippen molar-refractivity contribution in [3.8, 4) is 28.5 Å². The number of nitro groups is 1. The summed E-state index contributed by atoms with van der Waals surface area (Å²) in [5, 5.41) is 26.4. The van der Waals surface area contributed by atoms with Crippen molar-refractivity contribution < 1.29 is 14.5 Å². The van der Waals surface area contributed by atoms with Crippen molar-refractivity contribution in [1.29, 1.82) is 0 Å². The van der Waals surface area contributed by atoms with Gasteiger partial charge in [-0.1, -0.05) is 11.8 Å². The number of thioether (sulfide) groups is 1. The van der Waals surface area contributed by atoms with Gasteiger partial charge >= 0.3 is 0 Å². The van der Waals surface area contributed by atoms with E-state index in [0.29, 0.717) is 27.9 Å². The zero-order chi connectivity index (χ0) is 22.7. The van der Waals surface area contributed by atoms with E-state index in [1.165, 1.54) is 28.9 Å². The molecule has 0 bridgehead atoms. The highest BCUT2D eigenvalue weighted by atomic mass is 32.2. The van der Waals surface area contributed by atoms with Crippen LogP contribution in [0.5, 0.6) is 5.75 Å². The lowest BCUT2D eigenvalue weighted by molar-refractivity contribution is -0.384. The summed E-state index contributed by atoms with van der Waals surface area (Å²) in [7, 11) is 1.60. The summed E-state index contributed by atoms with van der Waals surface area (Å²) < 4.78 is 6.44. The molecule has 0 saturated carbocycles. The molecule has 0 amide bonds. The highest BCUT2D eigenvalue weighted by Crippen LogP contribution is 2.26. The van der Waals surface area contributed by atoms with Gasteiger partial charge in [-0.3, -0.25) is 20.0 Å². The number of Topliss-reactive ketones (excluding diaryl/α,β-unsaturated/α-hetero) is 1. The van der Waals surface area contributed by atoms with Crippen molar-refractivity contribution in [2.75, 3.05) is 18.7 Å². The van der Waals surface area contributed by atoms with Crippen LogP contribution < -0.4 is 10.6 Å². The Kier molecular flexibility index (Phi) is 5.85. The number of nitro benzene ring substituents is 1. The Bertz CT molecular complexity index is 1270. The molecular weight excluding hydrogens is 434 g/mol. The molecule has 162 valence electrons. The number of aromatic nitrogens is 5. The molecule has 0 fully saturated rings. The number of methoxy groups -OCH3 is 1. The van der Waals surface area contributed by atoms with E-state index in [-0.39, 0.29) is 17.2 Å². The van der Waals surface area contributed by atoms with Gasteiger partial charge in [0.25, 0.3) is 5.69 Å². The lowest BCUT2D eigenvalue weighted by Crippen LogP contribution is -2.13. The Morgan fingerprint density at radius 2 is 1.91 bits per heavy atom. The molecule has 12 heteroatoms. The fourth-order valence-electron chi connectivity index (χ4n) is 2.89. The lowest BCUT2D eigenvalue weighted by atomic mass is 10.1. The first kappa shape index (κ1) is 21.1. The number of nitrogens with two attached hydrogens (primary N) is 1. The van der Waals surface area contributed by atoms with Crippen molar-refractivity contribution in [2.24, 2.45) is 0 Å². The maximum absolute atomic E-state index is 12.4. The molecule has 2 aromatic heterocycles. The van der Waals surface area contributed by atoms with Crippen LogP contribution in [-0.4, -0.2) is 48.6 Å². The molecular formula is C20H17N7O4S. The Morgan fingerprint density at radius 1 is 1.19 bits per heavy atom. The number of ether oxygens (including phenoxy) is 1. The van der Waals surface area contributed by atoms with E-state index in [0.717, 1.165) is 23.1 Å². The van der Waals surface area contributed by atoms with E-state index in [9.17, 15) is 14.9 Å². The first-order valence-electron chi connectivity index (χ1n) is 9.27. The summed E-state index contributed by atoms with van der Waals surface area (Å²) >= 11 is 1.12. The van der Waals surface area contributed by atoms with Gasteiger partial charge in [-0.2, -0.15) is 5.10 Å². The predicted molar refractivity (Wildman–Crippen MR) is 118 cm³/mol. The molecule has 0 atom stereocenters. The van der Waals surface area contributed by atoms with E-state index in [2.05, 4.69) is 20.4 Å². The average Bonchev–Trinajstić information content (AvgIpc) is 3.44.